The van der Waals surface area contributed by atoms with Gasteiger partial charge in [0.15, 0.2) is 5.82 Å². The van der Waals surface area contributed by atoms with E-state index in [2.05, 4.69) is 25.4 Å². The number of nitrogens with one attached hydrogen (secondary N) is 2. The summed E-state index contributed by atoms with van der Waals surface area (Å²) in [5.74, 6) is -0.112. The molecule has 0 atom stereocenters. The van der Waals surface area contributed by atoms with Crippen LogP contribution in [0.4, 0.5) is 0 Å². The number of nitrogens with zero attached hydrogens (tertiary/aromatic N) is 3. The Balaban J connectivity index is 2.63. The Morgan fingerprint density at radius 3 is 2.86 bits per heavy atom. The minimum atomic E-state index is -0.393. The lowest BCUT2D eigenvalue weighted by Gasteiger charge is -1.98. The number of hydrogen-bond acceptors (Lipinski definition) is 5. The fourth-order valence-electron chi connectivity index (χ4n) is 0.958. The lowest BCUT2D eigenvalue weighted by molar-refractivity contribution is 0.447. The second-order valence-electron chi connectivity index (χ2n) is 2.72. The summed E-state index contributed by atoms with van der Waals surface area (Å²) >= 11 is 0. The van der Waals surface area contributed by atoms with Gasteiger partial charge < -0.3 is 10.1 Å². The van der Waals surface area contributed by atoms with E-state index in [9.17, 15) is 9.90 Å². The summed E-state index contributed by atoms with van der Waals surface area (Å²) in [5.41, 5.74) is 0.158. The van der Waals surface area contributed by atoms with E-state index in [0.29, 0.717) is 5.69 Å². The van der Waals surface area contributed by atoms with E-state index in [-0.39, 0.29) is 17.3 Å². The molecule has 2 heterocycles. The molecule has 0 amide bonds. The number of hydrogen-bond donors (Lipinski definition) is 3. The Bertz CT molecular complexity index is 501. The molecule has 2 aromatic heterocycles. The third kappa shape index (κ3) is 1.24. The lowest BCUT2D eigenvalue weighted by atomic mass is 10.3. The number of aromatic hydroxyl groups is 1. The summed E-state index contributed by atoms with van der Waals surface area (Å²) in [4.78, 5) is 17.5. The van der Waals surface area contributed by atoms with Crippen LogP contribution < -0.4 is 5.56 Å². The minimum absolute atomic E-state index is 0.178. The average Bonchev–Trinajstić information content (AvgIpc) is 2.66. The molecule has 2 aromatic rings. The first-order chi connectivity index (χ1) is 6.68. The van der Waals surface area contributed by atoms with Gasteiger partial charge in [0, 0.05) is 0 Å². The maximum absolute atomic E-state index is 11.2. The van der Waals surface area contributed by atoms with Crippen LogP contribution in [0.5, 0.6) is 5.88 Å². The van der Waals surface area contributed by atoms with E-state index in [1.54, 1.807) is 0 Å². The Morgan fingerprint density at radius 1 is 1.50 bits per heavy atom. The van der Waals surface area contributed by atoms with Crippen LogP contribution in [0.1, 0.15) is 5.56 Å². The van der Waals surface area contributed by atoms with E-state index in [1.165, 1.54) is 13.1 Å². The topological polar surface area (TPSA) is 108 Å². The Kier molecular flexibility index (Phi) is 1.77. The van der Waals surface area contributed by atoms with Gasteiger partial charge in [0.25, 0.3) is 5.56 Å². The molecule has 0 aromatic carbocycles. The number of H-pyrrole nitrogens is 2. The van der Waals surface area contributed by atoms with Gasteiger partial charge in [-0.2, -0.15) is 20.4 Å². The molecule has 0 saturated heterocycles. The average molecular weight is 193 g/mol. The van der Waals surface area contributed by atoms with Crippen molar-refractivity contribution in [2.75, 3.05) is 0 Å². The van der Waals surface area contributed by atoms with Crippen molar-refractivity contribution in [2.24, 2.45) is 0 Å². The summed E-state index contributed by atoms with van der Waals surface area (Å²) in [5, 5.41) is 18.9. The smallest absolute Gasteiger partial charge is 0.257 e. The van der Waals surface area contributed by atoms with Crippen LogP contribution >= 0.6 is 0 Å². The molecular weight excluding hydrogens is 186 g/mol. The van der Waals surface area contributed by atoms with Crippen LogP contribution in [0.2, 0.25) is 0 Å². The molecule has 0 radical (unpaired) electrons. The fraction of sp³-hybridized carbons (Fsp3) is 0.143. The molecule has 0 unspecified atom stereocenters. The summed E-state index contributed by atoms with van der Waals surface area (Å²) in [6.07, 6.45) is 1.40. The number of rotatable bonds is 1. The summed E-state index contributed by atoms with van der Waals surface area (Å²) in [6, 6.07) is 0. The highest BCUT2D eigenvalue weighted by Gasteiger charge is 2.09. The predicted molar refractivity (Wildman–Crippen MR) is 46.6 cm³/mol. The highest BCUT2D eigenvalue weighted by atomic mass is 16.3. The van der Waals surface area contributed by atoms with Crippen molar-refractivity contribution in [3.05, 3.63) is 22.1 Å². The van der Waals surface area contributed by atoms with Crippen LogP contribution in [0.3, 0.4) is 0 Å². The minimum Gasteiger partial charge on any atom is -0.493 e. The molecule has 0 aliphatic carbocycles. The van der Waals surface area contributed by atoms with Crippen molar-refractivity contribution in [3.63, 3.8) is 0 Å². The molecule has 0 spiro atoms. The van der Waals surface area contributed by atoms with E-state index >= 15 is 0 Å². The normalized spacial score (nSPS) is 10.4. The van der Waals surface area contributed by atoms with Gasteiger partial charge in [0.05, 0.1) is 11.8 Å². The third-order valence-electron chi connectivity index (χ3n) is 1.78. The van der Waals surface area contributed by atoms with Gasteiger partial charge in [-0.1, -0.05) is 0 Å². The first kappa shape index (κ1) is 8.42. The maximum atomic E-state index is 11.2. The summed E-state index contributed by atoms with van der Waals surface area (Å²) in [7, 11) is 0. The van der Waals surface area contributed by atoms with Gasteiger partial charge >= 0.3 is 0 Å². The van der Waals surface area contributed by atoms with Gasteiger partial charge in [-0.25, -0.2) is 0 Å². The first-order valence-electron chi connectivity index (χ1n) is 3.84. The zero-order valence-corrected chi connectivity index (χ0v) is 7.27. The van der Waals surface area contributed by atoms with Crippen molar-refractivity contribution in [3.8, 4) is 17.4 Å². The molecule has 0 fully saturated rings. The first-order valence-corrected chi connectivity index (χ1v) is 3.84. The third-order valence-corrected chi connectivity index (χ3v) is 1.78. The van der Waals surface area contributed by atoms with Crippen molar-refractivity contribution in [2.45, 2.75) is 6.92 Å². The Labute approximate surface area is 77.8 Å². The summed E-state index contributed by atoms with van der Waals surface area (Å²) in [6.45, 7) is 1.48. The highest BCUT2D eigenvalue weighted by molar-refractivity contribution is 5.47. The van der Waals surface area contributed by atoms with Gasteiger partial charge in [-0.15, -0.1) is 0 Å². The molecule has 14 heavy (non-hydrogen) atoms. The number of aromatic amines is 2. The molecule has 2 rings (SSSR count). The highest BCUT2D eigenvalue weighted by Crippen LogP contribution is 2.12. The van der Waals surface area contributed by atoms with Crippen LogP contribution in [0.15, 0.2) is 11.0 Å². The van der Waals surface area contributed by atoms with Crippen molar-refractivity contribution >= 4 is 0 Å². The van der Waals surface area contributed by atoms with E-state index in [4.69, 9.17) is 0 Å². The molecule has 7 heteroatoms. The Hall–Kier alpha value is -2.18. The molecule has 3 N–H and O–H groups in total. The molecule has 0 bridgehead atoms. The van der Waals surface area contributed by atoms with Gasteiger partial charge in [-0.3, -0.25) is 4.79 Å². The molecule has 7 nitrogen and oxygen atoms in total. The van der Waals surface area contributed by atoms with Crippen LogP contribution in [0, 0.1) is 6.92 Å². The van der Waals surface area contributed by atoms with Crippen molar-refractivity contribution < 1.29 is 5.11 Å². The monoisotopic (exact) mass is 193 g/mol. The largest absolute Gasteiger partial charge is 0.493 e. The van der Waals surface area contributed by atoms with Gasteiger partial charge in [-0.05, 0) is 6.92 Å². The quantitative estimate of drug-likeness (QED) is 0.569. The molecule has 0 aliphatic rings. The zero-order valence-electron chi connectivity index (χ0n) is 7.27. The fourth-order valence-corrected chi connectivity index (χ4v) is 0.958. The number of aromatic nitrogens is 5. The van der Waals surface area contributed by atoms with Crippen LogP contribution in [-0.2, 0) is 0 Å². The van der Waals surface area contributed by atoms with E-state index < -0.39 is 5.56 Å². The SMILES string of the molecule is Cc1c(O)nc(-c2cn[nH]n2)[nH]c1=O. The van der Waals surface area contributed by atoms with Gasteiger partial charge in [0.1, 0.15) is 5.69 Å². The van der Waals surface area contributed by atoms with Crippen LogP contribution in [0.25, 0.3) is 11.5 Å². The lowest BCUT2D eigenvalue weighted by Crippen LogP contribution is -2.12. The molecule has 72 valence electrons. The molecule has 0 saturated carbocycles. The van der Waals surface area contributed by atoms with Crippen LogP contribution in [-0.4, -0.2) is 30.5 Å². The van der Waals surface area contributed by atoms with Crippen molar-refractivity contribution in [1.29, 1.82) is 0 Å². The molecular formula is C7H7N5O2. The van der Waals surface area contributed by atoms with E-state index in [1.807, 2.05) is 0 Å². The predicted octanol–water partition coefficient (Wildman–Crippen LogP) is -0.431. The summed E-state index contributed by atoms with van der Waals surface area (Å²) < 4.78 is 0. The Morgan fingerprint density at radius 2 is 2.29 bits per heavy atom. The van der Waals surface area contributed by atoms with Crippen molar-refractivity contribution in [1.82, 2.24) is 25.4 Å². The maximum Gasteiger partial charge on any atom is 0.257 e. The second-order valence-corrected chi connectivity index (χ2v) is 2.72. The van der Waals surface area contributed by atoms with E-state index in [0.717, 1.165) is 0 Å². The second kappa shape index (κ2) is 2.95. The zero-order chi connectivity index (χ0) is 10.1. The molecule has 0 aliphatic heterocycles. The van der Waals surface area contributed by atoms with Gasteiger partial charge in [0.2, 0.25) is 5.88 Å². The standard InChI is InChI=1S/C7H7N5O2/c1-3-6(13)9-5(10-7(3)14)4-2-8-12-11-4/h2H,1H3,(H,8,11,12)(H2,9,10,13,14).